The lowest BCUT2D eigenvalue weighted by Crippen LogP contribution is -3.28. The summed E-state index contributed by atoms with van der Waals surface area (Å²) < 4.78 is 5.73. The van der Waals surface area contributed by atoms with Crippen LogP contribution in [0, 0.1) is 0 Å². The number of rotatable bonds is 8. The molecule has 0 aliphatic carbocycles. The number of benzene rings is 1. The molecule has 1 fully saturated rings. The first-order chi connectivity index (χ1) is 10.7. The highest BCUT2D eigenvalue weighted by molar-refractivity contribution is 5.18. The molecule has 0 saturated carbocycles. The maximum Gasteiger partial charge on any atom is 0.127 e. The van der Waals surface area contributed by atoms with Gasteiger partial charge in [-0.05, 0) is 12.5 Å². The third kappa shape index (κ3) is 5.69. The summed E-state index contributed by atoms with van der Waals surface area (Å²) in [6, 6.07) is 10.4. The monoisotopic (exact) mass is 308 g/mol. The number of piperazine rings is 1. The Balaban J connectivity index is 1.61. The van der Waals surface area contributed by atoms with E-state index in [0.29, 0.717) is 19.1 Å². The van der Waals surface area contributed by atoms with Crippen molar-refractivity contribution in [2.75, 3.05) is 52.5 Å². The van der Waals surface area contributed by atoms with Crippen LogP contribution in [-0.2, 0) is 4.74 Å². The third-order valence-electron chi connectivity index (χ3n) is 4.74. The summed E-state index contributed by atoms with van der Waals surface area (Å²) in [6.45, 7) is 12.4. The normalized spacial score (nSPS) is 24.9. The summed E-state index contributed by atoms with van der Waals surface area (Å²) in [7, 11) is 0. The predicted molar refractivity (Wildman–Crippen MR) is 88.5 cm³/mol. The van der Waals surface area contributed by atoms with E-state index in [1.165, 1.54) is 43.2 Å². The second kappa shape index (κ2) is 9.26. The van der Waals surface area contributed by atoms with Crippen molar-refractivity contribution in [3.8, 4) is 0 Å². The molecule has 1 aromatic carbocycles. The van der Waals surface area contributed by atoms with Crippen LogP contribution in [0.3, 0.4) is 0 Å². The van der Waals surface area contributed by atoms with E-state index in [1.54, 1.807) is 4.90 Å². The van der Waals surface area contributed by atoms with Crippen molar-refractivity contribution in [1.29, 1.82) is 0 Å². The summed E-state index contributed by atoms with van der Waals surface area (Å²) in [4.78, 5) is 3.20. The summed E-state index contributed by atoms with van der Waals surface area (Å²) >= 11 is 0. The standard InChI is InChI=1S/C18H30N2O2/c1-3-19-9-11-20(12-10-19)13-18(21)15-22-14-16(2)17-7-5-4-6-8-17/h4-8,16,18,21H,3,9-15H2,1-2H3/p+2/t16-,18-/m1/s1. The number of hydrogen-bond acceptors (Lipinski definition) is 2. The second-order valence-corrected chi connectivity index (χ2v) is 6.56. The molecule has 0 unspecified atom stereocenters. The van der Waals surface area contributed by atoms with Gasteiger partial charge in [0.15, 0.2) is 0 Å². The van der Waals surface area contributed by atoms with Crippen molar-refractivity contribution < 1.29 is 19.6 Å². The van der Waals surface area contributed by atoms with Gasteiger partial charge in [-0.25, -0.2) is 0 Å². The van der Waals surface area contributed by atoms with E-state index in [4.69, 9.17) is 4.74 Å². The second-order valence-electron chi connectivity index (χ2n) is 6.56. The van der Waals surface area contributed by atoms with E-state index in [-0.39, 0.29) is 6.10 Å². The van der Waals surface area contributed by atoms with E-state index in [0.717, 1.165) is 6.54 Å². The zero-order valence-electron chi connectivity index (χ0n) is 14.1. The molecule has 2 rings (SSSR count). The number of quaternary nitrogens is 2. The van der Waals surface area contributed by atoms with Crippen molar-refractivity contribution >= 4 is 0 Å². The molecule has 4 nitrogen and oxygen atoms in total. The number of hydrogen-bond donors (Lipinski definition) is 3. The quantitative estimate of drug-likeness (QED) is 0.575. The van der Waals surface area contributed by atoms with Crippen LogP contribution in [0.15, 0.2) is 30.3 Å². The smallest absolute Gasteiger partial charge is 0.127 e. The molecule has 4 heteroatoms. The van der Waals surface area contributed by atoms with Crippen LogP contribution in [0.2, 0.25) is 0 Å². The number of ether oxygens (including phenoxy) is 1. The van der Waals surface area contributed by atoms with Crippen LogP contribution < -0.4 is 9.80 Å². The van der Waals surface area contributed by atoms with Gasteiger partial charge >= 0.3 is 0 Å². The minimum absolute atomic E-state index is 0.346. The molecular weight excluding hydrogens is 276 g/mol. The SMILES string of the molecule is CC[NH+]1CC[NH+](C[C@@H](O)COC[C@@H](C)c2ccccc2)CC1. The Labute approximate surface area is 134 Å². The molecule has 1 aliphatic rings. The highest BCUT2D eigenvalue weighted by Gasteiger charge is 2.23. The molecule has 0 aromatic heterocycles. The Morgan fingerprint density at radius 3 is 2.32 bits per heavy atom. The van der Waals surface area contributed by atoms with Gasteiger partial charge in [0.2, 0.25) is 0 Å². The summed E-state index contributed by atoms with van der Waals surface area (Å²) in [6.07, 6.45) is -0.346. The average molecular weight is 308 g/mol. The summed E-state index contributed by atoms with van der Waals surface area (Å²) in [5.74, 6) is 0.373. The number of aliphatic hydroxyl groups excluding tert-OH is 1. The van der Waals surface area contributed by atoms with Gasteiger partial charge in [0, 0.05) is 5.92 Å². The Morgan fingerprint density at radius 2 is 1.68 bits per heavy atom. The van der Waals surface area contributed by atoms with Gasteiger partial charge in [0.25, 0.3) is 0 Å². The largest absolute Gasteiger partial charge is 0.385 e. The van der Waals surface area contributed by atoms with Crippen molar-refractivity contribution in [3.63, 3.8) is 0 Å². The zero-order valence-corrected chi connectivity index (χ0v) is 14.1. The molecule has 0 spiro atoms. The van der Waals surface area contributed by atoms with Crippen LogP contribution in [0.4, 0.5) is 0 Å². The molecule has 1 saturated heterocycles. The van der Waals surface area contributed by atoms with Gasteiger partial charge in [-0.2, -0.15) is 0 Å². The lowest BCUT2D eigenvalue weighted by atomic mass is 10.0. The fraction of sp³-hybridized carbons (Fsp3) is 0.667. The maximum absolute atomic E-state index is 10.2. The molecule has 2 atom stereocenters. The Morgan fingerprint density at radius 1 is 1.05 bits per heavy atom. The van der Waals surface area contributed by atoms with Crippen molar-refractivity contribution in [2.24, 2.45) is 0 Å². The van der Waals surface area contributed by atoms with Gasteiger partial charge in [0.05, 0.1) is 19.8 Å². The fourth-order valence-corrected chi connectivity index (χ4v) is 3.17. The first-order valence-electron chi connectivity index (χ1n) is 8.67. The van der Waals surface area contributed by atoms with Crippen molar-refractivity contribution in [2.45, 2.75) is 25.9 Å². The minimum atomic E-state index is -0.346. The van der Waals surface area contributed by atoms with Gasteiger partial charge in [0.1, 0.15) is 38.8 Å². The first-order valence-corrected chi connectivity index (χ1v) is 8.67. The average Bonchev–Trinajstić information content (AvgIpc) is 2.56. The van der Waals surface area contributed by atoms with E-state index >= 15 is 0 Å². The first kappa shape index (κ1) is 17.4. The molecule has 22 heavy (non-hydrogen) atoms. The third-order valence-corrected chi connectivity index (χ3v) is 4.74. The van der Waals surface area contributed by atoms with Gasteiger partial charge in [-0.3, -0.25) is 0 Å². The zero-order chi connectivity index (χ0) is 15.8. The molecule has 0 bridgehead atoms. The molecule has 1 heterocycles. The van der Waals surface area contributed by atoms with Crippen LogP contribution >= 0.6 is 0 Å². The summed E-state index contributed by atoms with van der Waals surface area (Å²) in [5.41, 5.74) is 1.29. The van der Waals surface area contributed by atoms with E-state index in [2.05, 4.69) is 38.1 Å². The highest BCUT2D eigenvalue weighted by atomic mass is 16.5. The van der Waals surface area contributed by atoms with Gasteiger partial charge in [-0.1, -0.05) is 37.3 Å². The molecule has 124 valence electrons. The Bertz CT molecular complexity index is 405. The van der Waals surface area contributed by atoms with Crippen LogP contribution in [-0.4, -0.2) is 63.7 Å². The molecular formula is C18H32N2O2+2. The van der Waals surface area contributed by atoms with E-state index in [9.17, 15) is 5.11 Å². The minimum Gasteiger partial charge on any atom is -0.385 e. The Kier molecular flexibility index (Phi) is 7.33. The summed E-state index contributed by atoms with van der Waals surface area (Å²) in [5, 5.41) is 10.2. The highest BCUT2D eigenvalue weighted by Crippen LogP contribution is 2.14. The molecule has 1 aliphatic heterocycles. The van der Waals surface area contributed by atoms with Crippen LogP contribution in [0.1, 0.15) is 25.3 Å². The fourth-order valence-electron chi connectivity index (χ4n) is 3.17. The lowest BCUT2D eigenvalue weighted by Gasteiger charge is -2.30. The molecule has 0 radical (unpaired) electrons. The lowest BCUT2D eigenvalue weighted by molar-refractivity contribution is -1.01. The molecule has 0 amide bonds. The van der Waals surface area contributed by atoms with Crippen LogP contribution in [0.25, 0.3) is 0 Å². The molecule has 1 aromatic rings. The topological polar surface area (TPSA) is 38.3 Å². The van der Waals surface area contributed by atoms with Crippen molar-refractivity contribution in [3.05, 3.63) is 35.9 Å². The predicted octanol–water partition coefficient (Wildman–Crippen LogP) is -1.03. The number of aliphatic hydroxyl groups is 1. The maximum atomic E-state index is 10.2. The molecule has 3 N–H and O–H groups in total. The number of nitrogens with one attached hydrogen (secondary N) is 2. The Hall–Kier alpha value is -0.940. The van der Waals surface area contributed by atoms with Crippen LogP contribution in [0.5, 0.6) is 0 Å². The van der Waals surface area contributed by atoms with E-state index < -0.39 is 0 Å². The number of likely N-dealkylation sites (N-methyl/N-ethyl adjacent to an activating group) is 1. The van der Waals surface area contributed by atoms with Gasteiger partial charge in [-0.15, -0.1) is 0 Å². The van der Waals surface area contributed by atoms with E-state index in [1.807, 2.05) is 6.07 Å². The van der Waals surface area contributed by atoms with Crippen molar-refractivity contribution in [1.82, 2.24) is 0 Å². The van der Waals surface area contributed by atoms with Gasteiger partial charge < -0.3 is 19.6 Å².